The second-order valence-electron chi connectivity index (χ2n) is 5.18. The molecule has 1 aromatic rings. The Balaban J connectivity index is 1.87. The molecule has 1 aromatic heterocycles. The van der Waals surface area contributed by atoms with Gasteiger partial charge in [0.15, 0.2) is 5.03 Å². The molecule has 100 valence electrons. The van der Waals surface area contributed by atoms with E-state index in [0.29, 0.717) is 24.9 Å². The topological polar surface area (TPSA) is 94.1 Å². The van der Waals surface area contributed by atoms with Crippen LogP contribution in [0.15, 0.2) is 11.2 Å². The lowest BCUT2D eigenvalue weighted by Gasteiger charge is -2.17. The molecule has 3 rings (SSSR count). The van der Waals surface area contributed by atoms with Crippen molar-refractivity contribution in [1.82, 2.24) is 19.3 Å². The average Bonchev–Trinajstić information content (AvgIpc) is 2.96. The number of hydrogen-bond acceptors (Lipinski definition) is 5. The minimum absolute atomic E-state index is 0.139. The second-order valence-corrected chi connectivity index (χ2v) is 7.07. The van der Waals surface area contributed by atoms with Gasteiger partial charge in [0.05, 0.1) is 6.20 Å². The molecule has 1 aliphatic carbocycles. The molecular weight excluding hydrogens is 254 g/mol. The molecule has 3 unspecified atom stereocenters. The van der Waals surface area contributed by atoms with Crippen LogP contribution >= 0.6 is 0 Å². The van der Waals surface area contributed by atoms with Crippen LogP contribution < -0.4 is 5.73 Å². The summed E-state index contributed by atoms with van der Waals surface area (Å²) in [4.78, 5) is 0. The number of hydrogen-bond donors (Lipinski definition) is 1. The van der Waals surface area contributed by atoms with Gasteiger partial charge in [0.25, 0.3) is 10.0 Å². The molecule has 1 saturated heterocycles. The van der Waals surface area contributed by atoms with E-state index < -0.39 is 10.0 Å². The summed E-state index contributed by atoms with van der Waals surface area (Å²) in [5.74, 6) is 0.719. The Labute approximate surface area is 106 Å². The van der Waals surface area contributed by atoms with Crippen molar-refractivity contribution in [2.75, 3.05) is 13.1 Å². The van der Waals surface area contributed by atoms with E-state index in [2.05, 4.69) is 10.3 Å². The van der Waals surface area contributed by atoms with E-state index in [1.807, 2.05) is 0 Å². The minimum Gasteiger partial charge on any atom is -0.327 e. The zero-order chi connectivity index (χ0) is 12.9. The van der Waals surface area contributed by atoms with E-state index >= 15 is 0 Å². The third-order valence-electron chi connectivity index (χ3n) is 4.16. The molecule has 1 saturated carbocycles. The molecule has 0 spiro atoms. The number of rotatable bonds is 2. The van der Waals surface area contributed by atoms with Crippen molar-refractivity contribution >= 4 is 10.0 Å². The monoisotopic (exact) mass is 271 g/mol. The molecule has 0 bridgehead atoms. The Hall–Kier alpha value is -0.990. The van der Waals surface area contributed by atoms with E-state index in [1.165, 1.54) is 15.2 Å². The average molecular weight is 271 g/mol. The first kappa shape index (κ1) is 12.1. The molecule has 2 N–H and O–H groups in total. The number of nitrogens with zero attached hydrogens (tertiary/aromatic N) is 4. The Morgan fingerprint density at radius 1 is 1.39 bits per heavy atom. The number of aryl methyl sites for hydroxylation is 1. The zero-order valence-electron chi connectivity index (χ0n) is 10.2. The molecule has 2 heterocycles. The molecule has 2 fully saturated rings. The molecule has 8 heteroatoms. The third kappa shape index (κ3) is 1.67. The number of aromatic nitrogens is 3. The highest BCUT2D eigenvalue weighted by Crippen LogP contribution is 2.39. The lowest BCUT2D eigenvalue weighted by atomic mass is 9.98. The van der Waals surface area contributed by atoms with Crippen LogP contribution in [0.2, 0.25) is 0 Å². The predicted octanol–water partition coefficient (Wildman–Crippen LogP) is -0.827. The fourth-order valence-corrected chi connectivity index (χ4v) is 4.68. The quantitative estimate of drug-likeness (QED) is 0.758. The number of fused-ring (bicyclic) bond motifs is 1. The summed E-state index contributed by atoms with van der Waals surface area (Å²) < 4.78 is 27.7. The molecule has 0 radical (unpaired) electrons. The van der Waals surface area contributed by atoms with E-state index in [0.717, 1.165) is 12.8 Å². The molecule has 1 aliphatic heterocycles. The summed E-state index contributed by atoms with van der Waals surface area (Å²) in [6.07, 6.45) is 3.33. The molecular formula is C10H17N5O2S. The number of nitrogens with two attached hydrogens (primary N) is 1. The van der Waals surface area contributed by atoms with Crippen molar-refractivity contribution in [3.8, 4) is 0 Å². The van der Waals surface area contributed by atoms with Crippen molar-refractivity contribution in [2.45, 2.75) is 23.9 Å². The van der Waals surface area contributed by atoms with Crippen molar-refractivity contribution in [3.05, 3.63) is 6.20 Å². The van der Waals surface area contributed by atoms with Gasteiger partial charge in [0, 0.05) is 26.2 Å². The largest absolute Gasteiger partial charge is 0.327 e. The van der Waals surface area contributed by atoms with Crippen molar-refractivity contribution in [3.63, 3.8) is 0 Å². The highest BCUT2D eigenvalue weighted by molar-refractivity contribution is 7.89. The maximum Gasteiger partial charge on any atom is 0.261 e. The minimum atomic E-state index is -3.48. The molecule has 0 amide bonds. The summed E-state index contributed by atoms with van der Waals surface area (Å²) >= 11 is 0. The fraction of sp³-hybridized carbons (Fsp3) is 0.800. The van der Waals surface area contributed by atoms with Crippen LogP contribution in [0, 0.1) is 11.8 Å². The van der Waals surface area contributed by atoms with Crippen molar-refractivity contribution in [2.24, 2.45) is 24.6 Å². The second kappa shape index (κ2) is 4.01. The lowest BCUT2D eigenvalue weighted by Crippen LogP contribution is -2.34. The van der Waals surface area contributed by atoms with Gasteiger partial charge in [-0.05, 0) is 24.7 Å². The summed E-state index contributed by atoms with van der Waals surface area (Å²) in [5, 5.41) is 7.46. The van der Waals surface area contributed by atoms with Gasteiger partial charge in [-0.3, -0.25) is 0 Å². The molecule has 0 aromatic carbocycles. The zero-order valence-corrected chi connectivity index (χ0v) is 11.0. The van der Waals surface area contributed by atoms with Gasteiger partial charge in [0.2, 0.25) is 0 Å². The maximum atomic E-state index is 12.4. The summed E-state index contributed by atoms with van der Waals surface area (Å²) in [6.45, 7) is 1.10. The molecule has 3 atom stereocenters. The van der Waals surface area contributed by atoms with E-state index in [-0.39, 0.29) is 11.1 Å². The summed E-state index contributed by atoms with van der Waals surface area (Å²) in [6, 6.07) is 0.139. The first-order chi connectivity index (χ1) is 8.50. The third-order valence-corrected chi connectivity index (χ3v) is 6.03. The molecule has 7 nitrogen and oxygen atoms in total. The standard InChI is InChI=1S/C10H17N5O2S/c1-14-10(4-12-13-14)18(16,17)15-5-7-2-3-9(11)8(7)6-15/h4,7-9H,2-3,5-6,11H2,1H3. The highest BCUT2D eigenvalue weighted by Gasteiger charge is 2.45. The number of sulfonamides is 1. The Kier molecular flexibility index (Phi) is 2.68. The molecule has 2 aliphatic rings. The van der Waals surface area contributed by atoms with Gasteiger partial charge in [0.1, 0.15) is 0 Å². The highest BCUT2D eigenvalue weighted by atomic mass is 32.2. The molecule has 18 heavy (non-hydrogen) atoms. The van der Waals surface area contributed by atoms with Crippen LogP contribution in [0.25, 0.3) is 0 Å². The van der Waals surface area contributed by atoms with Crippen LogP contribution in [-0.2, 0) is 17.1 Å². The van der Waals surface area contributed by atoms with Gasteiger partial charge in [-0.1, -0.05) is 5.21 Å². The van der Waals surface area contributed by atoms with Gasteiger partial charge in [-0.2, -0.15) is 4.31 Å². The van der Waals surface area contributed by atoms with Crippen LogP contribution in [0.5, 0.6) is 0 Å². The van der Waals surface area contributed by atoms with Crippen molar-refractivity contribution in [1.29, 1.82) is 0 Å². The van der Waals surface area contributed by atoms with E-state index in [9.17, 15) is 8.42 Å². The summed E-state index contributed by atoms with van der Waals surface area (Å²) in [7, 11) is -1.89. The Morgan fingerprint density at radius 2 is 2.17 bits per heavy atom. The van der Waals surface area contributed by atoms with Gasteiger partial charge < -0.3 is 5.73 Å². The first-order valence-electron chi connectivity index (χ1n) is 6.10. The Bertz CT molecular complexity index is 554. The van der Waals surface area contributed by atoms with Gasteiger partial charge in [-0.25, -0.2) is 13.1 Å². The summed E-state index contributed by atoms with van der Waals surface area (Å²) in [5.41, 5.74) is 6.02. The van der Waals surface area contributed by atoms with Gasteiger partial charge in [-0.15, -0.1) is 5.10 Å². The lowest BCUT2D eigenvalue weighted by molar-refractivity contribution is 0.422. The Morgan fingerprint density at radius 3 is 2.78 bits per heavy atom. The van der Waals surface area contributed by atoms with Crippen LogP contribution in [0.1, 0.15) is 12.8 Å². The first-order valence-corrected chi connectivity index (χ1v) is 7.54. The van der Waals surface area contributed by atoms with E-state index in [1.54, 1.807) is 7.05 Å². The predicted molar refractivity (Wildman–Crippen MR) is 64.0 cm³/mol. The SMILES string of the molecule is Cn1nncc1S(=O)(=O)N1CC2CCC(N)C2C1. The maximum absolute atomic E-state index is 12.4. The fourth-order valence-electron chi connectivity index (χ4n) is 3.11. The normalized spacial score (nSPS) is 32.9. The van der Waals surface area contributed by atoms with Crippen LogP contribution in [0.3, 0.4) is 0 Å². The van der Waals surface area contributed by atoms with Gasteiger partial charge >= 0.3 is 0 Å². The van der Waals surface area contributed by atoms with E-state index in [4.69, 9.17) is 5.73 Å². The smallest absolute Gasteiger partial charge is 0.261 e. The van der Waals surface area contributed by atoms with Crippen LogP contribution in [0.4, 0.5) is 0 Å². The van der Waals surface area contributed by atoms with Crippen LogP contribution in [-0.4, -0.2) is 46.8 Å². The van der Waals surface area contributed by atoms with Crippen molar-refractivity contribution < 1.29 is 8.42 Å².